The Morgan fingerprint density at radius 3 is 2.61 bits per heavy atom. The van der Waals surface area contributed by atoms with Gasteiger partial charge in [0.15, 0.2) is 0 Å². The van der Waals surface area contributed by atoms with Gasteiger partial charge in [0.1, 0.15) is 6.10 Å². The standard InChI is InChI=1S/C17H29N3O3/c1-18(12-14-5-6-14)16(21)13-19-7-3-8-20(10-9-19)17(22)15-4-2-11-23-15/h14-15H,2-13H2,1H3/t15-/m1/s1. The second-order valence-electron chi connectivity index (χ2n) is 7.17. The van der Waals surface area contributed by atoms with Crippen LogP contribution in [-0.4, -0.2) is 85.5 Å². The van der Waals surface area contributed by atoms with Crippen LogP contribution in [0.5, 0.6) is 0 Å². The van der Waals surface area contributed by atoms with Gasteiger partial charge in [-0.1, -0.05) is 0 Å². The van der Waals surface area contributed by atoms with Gasteiger partial charge in [-0.2, -0.15) is 0 Å². The number of amides is 2. The Morgan fingerprint density at radius 1 is 1.09 bits per heavy atom. The fourth-order valence-electron chi connectivity index (χ4n) is 3.43. The second kappa shape index (κ2) is 7.62. The van der Waals surface area contributed by atoms with Gasteiger partial charge in [0.05, 0.1) is 6.54 Å². The van der Waals surface area contributed by atoms with E-state index in [1.54, 1.807) is 0 Å². The highest BCUT2D eigenvalue weighted by atomic mass is 16.5. The molecule has 0 N–H and O–H groups in total. The highest BCUT2D eigenvalue weighted by Gasteiger charge is 2.30. The van der Waals surface area contributed by atoms with E-state index in [9.17, 15) is 9.59 Å². The molecule has 0 unspecified atom stereocenters. The Kier molecular flexibility index (Phi) is 5.54. The largest absolute Gasteiger partial charge is 0.368 e. The van der Waals surface area contributed by atoms with E-state index in [2.05, 4.69) is 4.90 Å². The van der Waals surface area contributed by atoms with Crippen LogP contribution in [0.2, 0.25) is 0 Å². The molecule has 1 atom stereocenters. The van der Waals surface area contributed by atoms with Crippen LogP contribution in [-0.2, 0) is 14.3 Å². The fraction of sp³-hybridized carbons (Fsp3) is 0.882. The van der Waals surface area contributed by atoms with Crippen LogP contribution >= 0.6 is 0 Å². The maximum atomic E-state index is 12.4. The summed E-state index contributed by atoms with van der Waals surface area (Å²) < 4.78 is 5.51. The Bertz CT molecular complexity index is 433. The lowest BCUT2D eigenvalue weighted by Gasteiger charge is -2.25. The summed E-state index contributed by atoms with van der Waals surface area (Å²) in [6.07, 6.45) is 5.07. The van der Waals surface area contributed by atoms with E-state index >= 15 is 0 Å². The molecular weight excluding hydrogens is 294 g/mol. The molecule has 3 fully saturated rings. The summed E-state index contributed by atoms with van der Waals surface area (Å²) in [5, 5.41) is 0. The molecule has 0 aromatic heterocycles. The zero-order valence-electron chi connectivity index (χ0n) is 14.2. The van der Waals surface area contributed by atoms with Gasteiger partial charge in [-0.25, -0.2) is 0 Å². The number of hydrogen-bond donors (Lipinski definition) is 0. The monoisotopic (exact) mass is 323 g/mol. The first-order valence-corrected chi connectivity index (χ1v) is 9.00. The number of rotatable bonds is 5. The van der Waals surface area contributed by atoms with Crippen LogP contribution in [0, 0.1) is 5.92 Å². The molecule has 1 aliphatic carbocycles. The van der Waals surface area contributed by atoms with Crippen LogP contribution < -0.4 is 0 Å². The van der Waals surface area contributed by atoms with Gasteiger partial charge >= 0.3 is 0 Å². The fourth-order valence-corrected chi connectivity index (χ4v) is 3.43. The van der Waals surface area contributed by atoms with Crippen molar-refractivity contribution in [2.75, 3.05) is 52.9 Å². The van der Waals surface area contributed by atoms with Crippen molar-refractivity contribution in [3.63, 3.8) is 0 Å². The van der Waals surface area contributed by atoms with Gasteiger partial charge in [-0.15, -0.1) is 0 Å². The molecule has 2 aliphatic heterocycles. The molecule has 1 saturated carbocycles. The zero-order valence-corrected chi connectivity index (χ0v) is 14.2. The van der Waals surface area contributed by atoms with E-state index in [0.717, 1.165) is 51.4 Å². The van der Waals surface area contributed by atoms with Crippen molar-refractivity contribution in [1.82, 2.24) is 14.7 Å². The highest BCUT2D eigenvalue weighted by molar-refractivity contribution is 5.81. The van der Waals surface area contributed by atoms with Crippen molar-refractivity contribution in [3.8, 4) is 0 Å². The van der Waals surface area contributed by atoms with Gasteiger partial charge in [0.25, 0.3) is 5.91 Å². The highest BCUT2D eigenvalue weighted by Crippen LogP contribution is 2.29. The van der Waals surface area contributed by atoms with Crippen LogP contribution in [0.1, 0.15) is 32.1 Å². The van der Waals surface area contributed by atoms with Crippen LogP contribution in [0.3, 0.4) is 0 Å². The summed E-state index contributed by atoms with van der Waals surface area (Å²) in [6, 6.07) is 0. The van der Waals surface area contributed by atoms with Crippen molar-refractivity contribution in [1.29, 1.82) is 0 Å². The average Bonchev–Trinajstić information content (AvgIpc) is 3.24. The molecule has 3 aliphatic rings. The minimum absolute atomic E-state index is 0.140. The number of carbonyl (C=O) groups is 2. The summed E-state index contributed by atoms with van der Waals surface area (Å²) in [7, 11) is 1.91. The van der Waals surface area contributed by atoms with Gasteiger partial charge in [0, 0.05) is 46.4 Å². The van der Waals surface area contributed by atoms with Crippen molar-refractivity contribution in [2.24, 2.45) is 5.92 Å². The normalized spacial score (nSPS) is 26.1. The molecule has 23 heavy (non-hydrogen) atoms. The summed E-state index contributed by atoms with van der Waals surface area (Å²) in [4.78, 5) is 30.7. The quantitative estimate of drug-likeness (QED) is 0.742. The molecule has 2 saturated heterocycles. The Morgan fingerprint density at radius 2 is 1.91 bits per heavy atom. The predicted octanol–water partition coefficient (Wildman–Crippen LogP) is 0.568. The zero-order chi connectivity index (χ0) is 16.2. The first-order chi connectivity index (χ1) is 11.1. The van der Waals surface area contributed by atoms with E-state index in [1.165, 1.54) is 12.8 Å². The summed E-state index contributed by atoms with van der Waals surface area (Å²) in [5.74, 6) is 1.07. The van der Waals surface area contributed by atoms with Crippen LogP contribution in [0.4, 0.5) is 0 Å². The number of hydrogen-bond acceptors (Lipinski definition) is 4. The molecule has 0 radical (unpaired) electrons. The van der Waals surface area contributed by atoms with Gasteiger partial charge in [0.2, 0.25) is 5.91 Å². The molecule has 130 valence electrons. The van der Waals surface area contributed by atoms with E-state index in [0.29, 0.717) is 19.7 Å². The molecule has 6 nitrogen and oxygen atoms in total. The van der Waals surface area contributed by atoms with Crippen LogP contribution in [0.25, 0.3) is 0 Å². The summed E-state index contributed by atoms with van der Waals surface area (Å²) >= 11 is 0. The molecule has 2 heterocycles. The van der Waals surface area contributed by atoms with Gasteiger partial charge in [-0.05, 0) is 38.0 Å². The summed E-state index contributed by atoms with van der Waals surface area (Å²) in [5.41, 5.74) is 0. The number of carbonyl (C=O) groups excluding carboxylic acids is 2. The lowest BCUT2D eigenvalue weighted by molar-refractivity contribution is -0.140. The van der Waals surface area contributed by atoms with Crippen LogP contribution in [0.15, 0.2) is 0 Å². The molecule has 0 aromatic rings. The van der Waals surface area contributed by atoms with E-state index in [4.69, 9.17) is 4.74 Å². The smallest absolute Gasteiger partial charge is 0.251 e. The van der Waals surface area contributed by atoms with Gasteiger partial charge in [-0.3, -0.25) is 14.5 Å². The van der Waals surface area contributed by atoms with Crippen molar-refractivity contribution >= 4 is 11.8 Å². The number of ether oxygens (including phenoxy) is 1. The predicted molar refractivity (Wildman–Crippen MR) is 87.0 cm³/mol. The number of nitrogens with zero attached hydrogens (tertiary/aromatic N) is 3. The topological polar surface area (TPSA) is 53.1 Å². The molecule has 6 heteroatoms. The van der Waals surface area contributed by atoms with E-state index < -0.39 is 0 Å². The maximum Gasteiger partial charge on any atom is 0.251 e. The lowest BCUT2D eigenvalue weighted by atomic mass is 10.2. The summed E-state index contributed by atoms with van der Waals surface area (Å²) in [6.45, 7) is 5.24. The Balaban J connectivity index is 1.44. The minimum Gasteiger partial charge on any atom is -0.368 e. The maximum absolute atomic E-state index is 12.4. The van der Waals surface area contributed by atoms with Crippen molar-refractivity contribution in [2.45, 2.75) is 38.2 Å². The first kappa shape index (κ1) is 16.7. The average molecular weight is 323 g/mol. The lowest BCUT2D eigenvalue weighted by Crippen LogP contribution is -2.43. The molecule has 0 spiro atoms. The van der Waals surface area contributed by atoms with Crippen molar-refractivity contribution in [3.05, 3.63) is 0 Å². The molecular formula is C17H29N3O3. The van der Waals surface area contributed by atoms with Crippen molar-refractivity contribution < 1.29 is 14.3 Å². The number of likely N-dealkylation sites (N-methyl/N-ethyl adjacent to an activating group) is 1. The SMILES string of the molecule is CN(CC1CC1)C(=O)CN1CCCN(C(=O)[C@H]2CCCO2)CC1. The third kappa shape index (κ3) is 4.67. The second-order valence-corrected chi connectivity index (χ2v) is 7.17. The Hall–Kier alpha value is -1.14. The molecule has 2 amide bonds. The van der Waals surface area contributed by atoms with E-state index in [1.807, 2.05) is 16.8 Å². The third-order valence-corrected chi connectivity index (χ3v) is 5.12. The Labute approximate surface area is 138 Å². The van der Waals surface area contributed by atoms with Gasteiger partial charge < -0.3 is 14.5 Å². The molecule has 0 aromatic carbocycles. The molecule has 3 rings (SSSR count). The first-order valence-electron chi connectivity index (χ1n) is 9.00. The third-order valence-electron chi connectivity index (χ3n) is 5.12. The molecule has 0 bridgehead atoms. The minimum atomic E-state index is -0.229. The van der Waals surface area contributed by atoms with E-state index in [-0.39, 0.29) is 17.9 Å².